The normalized spacial score (nSPS) is 20.7. The van der Waals surface area contributed by atoms with Crippen molar-refractivity contribution in [3.63, 3.8) is 0 Å². The topological polar surface area (TPSA) is 113 Å². The average molecular weight is 610 g/mol. The van der Waals surface area contributed by atoms with E-state index in [4.69, 9.17) is 25.8 Å². The first-order valence-corrected chi connectivity index (χ1v) is 15.4. The van der Waals surface area contributed by atoms with E-state index in [0.29, 0.717) is 35.4 Å². The van der Waals surface area contributed by atoms with Gasteiger partial charge in [0.2, 0.25) is 5.75 Å². The molecule has 2 amide bonds. The van der Waals surface area contributed by atoms with Crippen molar-refractivity contribution in [1.82, 2.24) is 18.8 Å². The van der Waals surface area contributed by atoms with Crippen LogP contribution in [0.4, 0.5) is 10.5 Å². The van der Waals surface area contributed by atoms with Crippen LogP contribution >= 0.6 is 11.6 Å². The average Bonchev–Trinajstić information content (AvgIpc) is 3.38. The second-order valence-corrected chi connectivity index (χ2v) is 13.2. The highest BCUT2D eigenvalue weighted by molar-refractivity contribution is 7.86. The highest BCUT2D eigenvalue weighted by Gasteiger charge is 2.43. The quantitative estimate of drug-likeness (QED) is 0.425. The SMILES string of the molecule is COc1cc(NC(=O)NC2CN(S(=O)(=O)N(C)C)CC2N2CCC(Cc3ccc(Cl)cc3)CC2)cc(OC)c1OC. The smallest absolute Gasteiger partial charge is 0.319 e. The van der Waals surface area contributed by atoms with Gasteiger partial charge in [-0.2, -0.15) is 17.0 Å². The number of rotatable bonds is 10. The molecule has 2 N–H and O–H groups in total. The molecule has 41 heavy (non-hydrogen) atoms. The van der Waals surface area contributed by atoms with Crippen LogP contribution in [0.2, 0.25) is 5.02 Å². The van der Waals surface area contributed by atoms with E-state index in [0.717, 1.165) is 37.4 Å². The number of carbonyl (C=O) groups is 1. The maximum Gasteiger partial charge on any atom is 0.319 e. The van der Waals surface area contributed by atoms with Gasteiger partial charge in [-0.25, -0.2) is 4.79 Å². The molecule has 2 heterocycles. The fraction of sp³-hybridized carbons (Fsp3) is 0.536. The maximum atomic E-state index is 13.2. The zero-order valence-corrected chi connectivity index (χ0v) is 25.8. The Morgan fingerprint density at radius 1 is 1.00 bits per heavy atom. The Morgan fingerprint density at radius 2 is 1.61 bits per heavy atom. The third-order valence-electron chi connectivity index (χ3n) is 7.84. The highest BCUT2D eigenvalue weighted by Crippen LogP contribution is 2.40. The van der Waals surface area contributed by atoms with E-state index in [1.165, 1.54) is 49.6 Å². The van der Waals surface area contributed by atoms with Crippen molar-refractivity contribution in [3.8, 4) is 17.2 Å². The molecule has 2 saturated heterocycles. The first kappa shape index (κ1) is 31.2. The first-order valence-electron chi connectivity index (χ1n) is 13.6. The molecule has 226 valence electrons. The predicted octanol–water partition coefficient (Wildman–Crippen LogP) is 3.30. The molecule has 0 aliphatic carbocycles. The Morgan fingerprint density at radius 3 is 2.15 bits per heavy atom. The minimum atomic E-state index is -3.65. The van der Waals surface area contributed by atoms with Gasteiger partial charge in [0.15, 0.2) is 11.5 Å². The number of methoxy groups -OCH3 is 3. The van der Waals surface area contributed by atoms with Crippen LogP contribution in [0.1, 0.15) is 18.4 Å². The molecule has 4 rings (SSSR count). The Balaban J connectivity index is 1.45. The number of likely N-dealkylation sites (tertiary alicyclic amines) is 1. The minimum Gasteiger partial charge on any atom is -0.493 e. The molecular formula is C28H40ClN5O6S. The summed E-state index contributed by atoms with van der Waals surface area (Å²) in [6.45, 7) is 2.13. The van der Waals surface area contributed by atoms with Crippen molar-refractivity contribution in [3.05, 3.63) is 47.0 Å². The van der Waals surface area contributed by atoms with Crippen molar-refractivity contribution < 1.29 is 27.4 Å². The molecule has 0 aromatic heterocycles. The number of carbonyl (C=O) groups excluding carboxylic acids is 1. The van der Waals surface area contributed by atoms with Crippen LogP contribution in [0, 0.1) is 5.92 Å². The van der Waals surface area contributed by atoms with Gasteiger partial charge in [0.1, 0.15) is 0 Å². The second kappa shape index (κ2) is 13.5. The van der Waals surface area contributed by atoms with E-state index < -0.39 is 22.3 Å². The number of anilines is 1. The van der Waals surface area contributed by atoms with Gasteiger partial charge >= 0.3 is 6.03 Å². The Labute approximate surface area is 247 Å². The number of ether oxygens (including phenoxy) is 3. The molecule has 2 atom stereocenters. The summed E-state index contributed by atoms with van der Waals surface area (Å²) in [6.07, 6.45) is 2.96. The van der Waals surface area contributed by atoms with Crippen LogP contribution in [0.3, 0.4) is 0 Å². The van der Waals surface area contributed by atoms with E-state index in [1.54, 1.807) is 12.1 Å². The number of hydrogen-bond donors (Lipinski definition) is 2. The van der Waals surface area contributed by atoms with Gasteiger partial charge in [0.25, 0.3) is 10.2 Å². The summed E-state index contributed by atoms with van der Waals surface area (Å²) >= 11 is 6.04. The molecular weight excluding hydrogens is 570 g/mol. The van der Waals surface area contributed by atoms with Gasteiger partial charge in [-0.15, -0.1) is 0 Å². The summed E-state index contributed by atoms with van der Waals surface area (Å²) < 4.78 is 44.8. The fourth-order valence-electron chi connectivity index (χ4n) is 5.61. The van der Waals surface area contributed by atoms with Gasteiger partial charge in [0.05, 0.1) is 33.1 Å². The Hall–Kier alpha value is -2.77. The summed E-state index contributed by atoms with van der Waals surface area (Å²) in [5, 5.41) is 6.60. The van der Waals surface area contributed by atoms with E-state index in [1.807, 2.05) is 12.1 Å². The lowest BCUT2D eigenvalue weighted by Crippen LogP contribution is -2.54. The van der Waals surface area contributed by atoms with Crippen LogP contribution < -0.4 is 24.8 Å². The third kappa shape index (κ3) is 7.36. The molecule has 2 unspecified atom stereocenters. The van der Waals surface area contributed by atoms with Gasteiger partial charge in [-0.3, -0.25) is 4.90 Å². The fourth-order valence-corrected chi connectivity index (χ4v) is 6.89. The van der Waals surface area contributed by atoms with Crippen molar-refractivity contribution in [1.29, 1.82) is 0 Å². The summed E-state index contributed by atoms with van der Waals surface area (Å²) in [5.41, 5.74) is 1.72. The second-order valence-electron chi connectivity index (χ2n) is 10.6. The first-order chi connectivity index (χ1) is 19.5. The van der Waals surface area contributed by atoms with Crippen molar-refractivity contribution in [2.45, 2.75) is 31.3 Å². The van der Waals surface area contributed by atoms with Crippen LogP contribution in [0.5, 0.6) is 17.2 Å². The Kier molecular flexibility index (Phi) is 10.2. The number of halogens is 1. The monoisotopic (exact) mass is 609 g/mol. The molecule has 0 bridgehead atoms. The molecule has 0 radical (unpaired) electrons. The zero-order valence-electron chi connectivity index (χ0n) is 24.2. The number of benzene rings is 2. The van der Waals surface area contributed by atoms with Crippen molar-refractivity contribution in [2.75, 3.05) is 66.9 Å². The molecule has 13 heteroatoms. The van der Waals surface area contributed by atoms with Gasteiger partial charge < -0.3 is 24.8 Å². The van der Waals surface area contributed by atoms with Crippen molar-refractivity contribution >= 4 is 33.5 Å². The van der Waals surface area contributed by atoms with E-state index in [2.05, 4.69) is 27.7 Å². The highest BCUT2D eigenvalue weighted by atomic mass is 35.5. The van der Waals surface area contributed by atoms with Crippen molar-refractivity contribution in [2.24, 2.45) is 5.92 Å². The zero-order chi connectivity index (χ0) is 29.7. The molecule has 2 aromatic carbocycles. The molecule has 11 nitrogen and oxygen atoms in total. The number of amides is 2. The summed E-state index contributed by atoms with van der Waals surface area (Å²) in [7, 11) is 3.90. The lowest BCUT2D eigenvalue weighted by Gasteiger charge is -2.38. The van der Waals surface area contributed by atoms with Crippen LogP contribution in [-0.4, -0.2) is 102 Å². The minimum absolute atomic E-state index is 0.160. The number of hydrogen-bond acceptors (Lipinski definition) is 7. The maximum absolute atomic E-state index is 13.2. The Bertz CT molecular complexity index is 1280. The van der Waals surface area contributed by atoms with Crippen LogP contribution in [0.25, 0.3) is 0 Å². The number of urea groups is 1. The third-order valence-corrected chi connectivity index (χ3v) is 9.96. The van der Waals surface area contributed by atoms with E-state index in [9.17, 15) is 13.2 Å². The van der Waals surface area contributed by atoms with Gasteiger partial charge in [0, 0.05) is 50.4 Å². The molecule has 2 aliphatic rings. The van der Waals surface area contributed by atoms with E-state index in [-0.39, 0.29) is 12.6 Å². The molecule has 2 aliphatic heterocycles. The van der Waals surface area contributed by atoms with Crippen LogP contribution in [-0.2, 0) is 16.6 Å². The molecule has 0 saturated carbocycles. The summed E-state index contributed by atoms with van der Waals surface area (Å²) in [4.78, 5) is 15.5. The summed E-state index contributed by atoms with van der Waals surface area (Å²) in [5.74, 6) is 1.77. The number of nitrogens with zero attached hydrogens (tertiary/aromatic N) is 3. The number of nitrogens with one attached hydrogen (secondary N) is 2. The number of piperidine rings is 1. The lowest BCUT2D eigenvalue weighted by atomic mass is 9.89. The largest absolute Gasteiger partial charge is 0.493 e. The van der Waals surface area contributed by atoms with Gasteiger partial charge in [-0.05, 0) is 56.0 Å². The van der Waals surface area contributed by atoms with E-state index >= 15 is 0 Å². The van der Waals surface area contributed by atoms with Gasteiger partial charge in [-0.1, -0.05) is 23.7 Å². The van der Waals surface area contributed by atoms with Crippen LogP contribution in [0.15, 0.2) is 36.4 Å². The lowest BCUT2D eigenvalue weighted by molar-refractivity contribution is 0.125. The molecule has 0 spiro atoms. The molecule has 2 aromatic rings. The predicted molar refractivity (Wildman–Crippen MR) is 159 cm³/mol. The summed E-state index contributed by atoms with van der Waals surface area (Å²) in [6, 6.07) is 10.3. The standard InChI is InChI=1S/C28H40ClN5O6S/c1-32(2)41(36,37)34-17-23(31-28(35)30-22-15-25(38-3)27(40-5)26(16-22)39-4)24(18-34)33-12-10-20(11-13-33)14-19-6-8-21(29)9-7-19/h6-9,15-16,20,23-24H,10-14,17-18H2,1-5H3,(H2,30,31,35). The molecule has 2 fully saturated rings.